The lowest BCUT2D eigenvalue weighted by Crippen LogP contribution is -2.59. The SMILES string of the molecule is CCC(C)(C)N(C(=O)C(CCC(N)=O)NC(=O)OC(C)(C)C)C(C(=O)NCc1ccccc1)c1ccc(O)cc1. The van der Waals surface area contributed by atoms with Crippen LogP contribution in [0.3, 0.4) is 0 Å². The van der Waals surface area contributed by atoms with Crippen LogP contribution in [-0.2, 0) is 25.7 Å². The second kappa shape index (κ2) is 13.8. The number of carbonyl (C=O) groups is 4. The molecule has 10 nitrogen and oxygen atoms in total. The molecule has 2 rings (SSSR count). The maximum Gasteiger partial charge on any atom is 0.408 e. The summed E-state index contributed by atoms with van der Waals surface area (Å²) in [6.45, 7) is 10.8. The van der Waals surface area contributed by atoms with Gasteiger partial charge in [-0.15, -0.1) is 0 Å². The molecule has 0 aliphatic carbocycles. The maximum atomic E-state index is 14.3. The third kappa shape index (κ3) is 9.59. The zero-order valence-corrected chi connectivity index (χ0v) is 24.2. The number of primary amides is 1. The topological polar surface area (TPSA) is 151 Å². The number of phenolic OH excluding ortho intramolecular Hbond substituents is 1. The van der Waals surface area contributed by atoms with Gasteiger partial charge in [0.15, 0.2) is 0 Å². The van der Waals surface area contributed by atoms with E-state index in [9.17, 15) is 24.3 Å². The fourth-order valence-corrected chi connectivity index (χ4v) is 4.06. The molecule has 0 saturated carbocycles. The Morgan fingerprint density at radius 3 is 2.10 bits per heavy atom. The van der Waals surface area contributed by atoms with E-state index >= 15 is 0 Å². The Labute approximate surface area is 236 Å². The molecular weight excluding hydrogens is 512 g/mol. The van der Waals surface area contributed by atoms with Gasteiger partial charge < -0.3 is 31.1 Å². The average Bonchev–Trinajstić information content (AvgIpc) is 2.87. The lowest BCUT2D eigenvalue weighted by molar-refractivity contribution is -0.149. The van der Waals surface area contributed by atoms with Crippen LogP contribution in [0.25, 0.3) is 0 Å². The van der Waals surface area contributed by atoms with E-state index in [0.29, 0.717) is 12.0 Å². The number of ether oxygens (including phenoxy) is 1. The van der Waals surface area contributed by atoms with Gasteiger partial charge in [0.25, 0.3) is 0 Å². The lowest BCUT2D eigenvalue weighted by atomic mass is 9.91. The molecule has 0 spiro atoms. The van der Waals surface area contributed by atoms with Gasteiger partial charge in [-0.3, -0.25) is 14.4 Å². The van der Waals surface area contributed by atoms with E-state index in [2.05, 4.69) is 10.6 Å². The molecule has 0 saturated heterocycles. The van der Waals surface area contributed by atoms with Crippen LogP contribution in [0.1, 0.15) is 78.0 Å². The second-order valence-corrected chi connectivity index (χ2v) is 11.3. The minimum Gasteiger partial charge on any atom is -0.508 e. The molecule has 0 heterocycles. The van der Waals surface area contributed by atoms with Gasteiger partial charge in [0, 0.05) is 18.5 Å². The van der Waals surface area contributed by atoms with Crippen LogP contribution < -0.4 is 16.4 Å². The van der Waals surface area contributed by atoms with E-state index < -0.39 is 47.0 Å². The Morgan fingerprint density at radius 1 is 0.975 bits per heavy atom. The predicted octanol–water partition coefficient (Wildman–Crippen LogP) is 3.93. The number of amides is 4. The van der Waals surface area contributed by atoms with Crippen LogP contribution in [0.2, 0.25) is 0 Å². The molecule has 0 aliphatic heterocycles. The number of nitrogens with one attached hydrogen (secondary N) is 2. The largest absolute Gasteiger partial charge is 0.508 e. The normalized spacial score (nSPS) is 13.1. The van der Waals surface area contributed by atoms with Crippen molar-refractivity contribution in [1.29, 1.82) is 0 Å². The predicted molar refractivity (Wildman–Crippen MR) is 152 cm³/mol. The molecule has 0 bridgehead atoms. The molecule has 0 aliphatic rings. The van der Waals surface area contributed by atoms with E-state index in [1.807, 2.05) is 51.1 Å². The molecule has 5 N–H and O–H groups in total. The number of alkyl carbamates (subject to hydrolysis) is 1. The van der Waals surface area contributed by atoms with Crippen LogP contribution in [0.5, 0.6) is 5.75 Å². The highest BCUT2D eigenvalue weighted by molar-refractivity contribution is 5.93. The Kier molecular flexibility index (Phi) is 11.1. The molecule has 10 heteroatoms. The van der Waals surface area contributed by atoms with Crippen LogP contribution in [-0.4, -0.2) is 51.0 Å². The molecule has 0 fully saturated rings. The summed E-state index contributed by atoms with van der Waals surface area (Å²) in [6, 6.07) is 13.1. The van der Waals surface area contributed by atoms with Gasteiger partial charge in [-0.25, -0.2) is 4.79 Å². The third-order valence-corrected chi connectivity index (χ3v) is 6.45. The highest BCUT2D eigenvalue weighted by Crippen LogP contribution is 2.33. The average molecular weight is 555 g/mol. The number of phenols is 1. The summed E-state index contributed by atoms with van der Waals surface area (Å²) in [4.78, 5) is 53.9. The van der Waals surface area contributed by atoms with Crippen molar-refractivity contribution in [3.8, 4) is 5.75 Å². The number of carbonyl (C=O) groups excluding carboxylic acids is 4. The number of aromatic hydroxyl groups is 1. The summed E-state index contributed by atoms with van der Waals surface area (Å²) in [5.41, 5.74) is 5.02. The minimum absolute atomic E-state index is 0.00532. The minimum atomic E-state index is -1.20. The van der Waals surface area contributed by atoms with E-state index in [1.165, 1.54) is 17.0 Å². The van der Waals surface area contributed by atoms with Crippen molar-refractivity contribution in [3.63, 3.8) is 0 Å². The van der Waals surface area contributed by atoms with Gasteiger partial charge in [0.1, 0.15) is 23.4 Å². The first kappa shape index (κ1) is 32.1. The second-order valence-electron chi connectivity index (χ2n) is 11.3. The van der Waals surface area contributed by atoms with Gasteiger partial charge in [0.05, 0.1) is 0 Å². The summed E-state index contributed by atoms with van der Waals surface area (Å²) in [5.74, 6) is -1.66. The summed E-state index contributed by atoms with van der Waals surface area (Å²) >= 11 is 0. The van der Waals surface area contributed by atoms with Crippen molar-refractivity contribution in [1.82, 2.24) is 15.5 Å². The first-order chi connectivity index (χ1) is 18.6. The van der Waals surface area contributed by atoms with Crippen molar-refractivity contribution < 1.29 is 29.0 Å². The molecule has 0 radical (unpaired) electrons. The molecule has 218 valence electrons. The zero-order chi connectivity index (χ0) is 30.1. The quantitative estimate of drug-likeness (QED) is 0.312. The molecule has 2 atom stereocenters. The number of hydrogen-bond acceptors (Lipinski definition) is 6. The Bertz CT molecular complexity index is 1160. The van der Waals surface area contributed by atoms with Gasteiger partial charge in [-0.05, 0) is 70.7 Å². The van der Waals surface area contributed by atoms with Gasteiger partial charge in [-0.2, -0.15) is 0 Å². The summed E-state index contributed by atoms with van der Waals surface area (Å²) in [7, 11) is 0. The molecular formula is C30H42N4O6. The molecule has 4 amide bonds. The Balaban J connectivity index is 2.56. The summed E-state index contributed by atoms with van der Waals surface area (Å²) < 4.78 is 5.37. The third-order valence-electron chi connectivity index (χ3n) is 6.45. The van der Waals surface area contributed by atoms with Crippen LogP contribution in [0, 0.1) is 0 Å². The molecule has 2 aromatic rings. The van der Waals surface area contributed by atoms with Crippen molar-refractivity contribution in [2.24, 2.45) is 5.73 Å². The number of hydrogen-bond donors (Lipinski definition) is 4. The highest BCUT2D eigenvalue weighted by Gasteiger charge is 2.43. The highest BCUT2D eigenvalue weighted by atomic mass is 16.6. The molecule has 0 aromatic heterocycles. The van der Waals surface area contributed by atoms with E-state index in [0.717, 1.165) is 5.56 Å². The van der Waals surface area contributed by atoms with E-state index in [1.54, 1.807) is 32.9 Å². The van der Waals surface area contributed by atoms with Crippen LogP contribution >= 0.6 is 0 Å². The molecule has 2 aromatic carbocycles. The summed E-state index contributed by atoms with van der Waals surface area (Å²) in [5, 5.41) is 15.4. The Morgan fingerprint density at radius 2 is 1.57 bits per heavy atom. The molecule has 2 unspecified atom stereocenters. The van der Waals surface area contributed by atoms with E-state index in [4.69, 9.17) is 10.5 Å². The van der Waals surface area contributed by atoms with Crippen LogP contribution in [0.4, 0.5) is 4.79 Å². The number of benzene rings is 2. The first-order valence-corrected chi connectivity index (χ1v) is 13.4. The van der Waals surface area contributed by atoms with Crippen molar-refractivity contribution in [2.75, 3.05) is 0 Å². The number of nitrogens with two attached hydrogens (primary N) is 1. The van der Waals surface area contributed by atoms with Gasteiger partial charge in [0.2, 0.25) is 17.7 Å². The maximum absolute atomic E-state index is 14.3. The summed E-state index contributed by atoms with van der Waals surface area (Å²) in [6.07, 6.45) is -0.623. The fourth-order valence-electron chi connectivity index (χ4n) is 4.06. The van der Waals surface area contributed by atoms with Crippen molar-refractivity contribution in [3.05, 3.63) is 65.7 Å². The van der Waals surface area contributed by atoms with Gasteiger partial charge >= 0.3 is 6.09 Å². The fraction of sp³-hybridized carbons (Fsp3) is 0.467. The van der Waals surface area contributed by atoms with Crippen molar-refractivity contribution >= 4 is 23.8 Å². The lowest BCUT2D eigenvalue weighted by Gasteiger charge is -2.44. The number of nitrogens with zero attached hydrogens (tertiary/aromatic N) is 1. The zero-order valence-electron chi connectivity index (χ0n) is 24.2. The Hall–Kier alpha value is -4.08. The van der Waals surface area contributed by atoms with Crippen LogP contribution in [0.15, 0.2) is 54.6 Å². The smallest absolute Gasteiger partial charge is 0.408 e. The van der Waals surface area contributed by atoms with E-state index in [-0.39, 0.29) is 25.1 Å². The standard InChI is InChI=1S/C30H42N4O6/c1-7-30(5,6)34(27(38)23(17-18-24(31)36)33-28(39)40-29(2,3)4)25(21-13-15-22(35)16-14-21)26(37)32-19-20-11-9-8-10-12-20/h8-16,23,25,35H,7,17-19H2,1-6H3,(H2,31,36)(H,32,37)(H,33,39). The van der Waals surface area contributed by atoms with Gasteiger partial charge in [-0.1, -0.05) is 49.4 Å². The molecule has 40 heavy (non-hydrogen) atoms. The monoisotopic (exact) mass is 554 g/mol. The first-order valence-electron chi connectivity index (χ1n) is 13.4. The number of rotatable bonds is 12. The van der Waals surface area contributed by atoms with Crippen molar-refractivity contribution in [2.45, 2.75) is 90.6 Å².